The number of benzene rings is 2. The molecule has 0 saturated carbocycles. The first-order valence-electron chi connectivity index (χ1n) is 6.65. The number of nitrogens with zero attached hydrogens (tertiary/aromatic N) is 1. The summed E-state index contributed by atoms with van der Waals surface area (Å²) in [6, 6.07) is 16.7. The van der Waals surface area contributed by atoms with Crippen molar-refractivity contribution in [1.29, 1.82) is 0 Å². The van der Waals surface area contributed by atoms with Crippen LogP contribution < -0.4 is 4.74 Å². The lowest BCUT2D eigenvalue weighted by atomic mass is 10.2. The van der Waals surface area contributed by atoms with Crippen molar-refractivity contribution in [3.8, 4) is 5.75 Å². The number of carboxylic acid groups (broad SMARTS) is 1. The fraction of sp³-hybridized carbons (Fsp3) is 0.0588. The zero-order valence-electron chi connectivity index (χ0n) is 11.9. The molecule has 0 unspecified atom stereocenters. The molecule has 0 bridgehead atoms. The quantitative estimate of drug-likeness (QED) is 0.744. The fourth-order valence-electron chi connectivity index (χ4n) is 1.75. The smallest absolute Gasteiger partial charge is 0.341 e. The van der Waals surface area contributed by atoms with Crippen LogP contribution >= 0.6 is 23.2 Å². The second-order valence-electron chi connectivity index (χ2n) is 4.45. The van der Waals surface area contributed by atoms with Crippen LogP contribution in [0.3, 0.4) is 0 Å². The number of hydrogen-bond donors (Lipinski definition) is 1. The Hall–Kier alpha value is -2.30. The van der Waals surface area contributed by atoms with E-state index in [1.54, 1.807) is 6.07 Å². The van der Waals surface area contributed by atoms with Gasteiger partial charge in [-0.25, -0.2) is 4.79 Å². The summed E-state index contributed by atoms with van der Waals surface area (Å²) in [7, 11) is 0. The first kappa shape index (κ1) is 17.1. The number of fused-ring (bicyclic) bond motifs is 1. The molecule has 4 nitrogen and oxygen atoms in total. The van der Waals surface area contributed by atoms with Crippen molar-refractivity contribution in [3.05, 3.63) is 70.8 Å². The first-order valence-corrected chi connectivity index (χ1v) is 7.41. The number of carbonyl (C=O) groups is 1. The van der Waals surface area contributed by atoms with E-state index in [4.69, 9.17) is 33.0 Å². The number of halogens is 2. The number of carboxylic acids is 1. The Morgan fingerprint density at radius 2 is 1.83 bits per heavy atom. The number of para-hydroxylation sites is 1. The highest BCUT2D eigenvalue weighted by Gasteiger charge is 2.04. The lowest BCUT2D eigenvalue weighted by Gasteiger charge is -2.04. The van der Waals surface area contributed by atoms with E-state index in [0.717, 1.165) is 5.52 Å². The fourth-order valence-corrected chi connectivity index (χ4v) is 2.21. The van der Waals surface area contributed by atoms with Crippen molar-refractivity contribution in [1.82, 2.24) is 4.98 Å². The van der Waals surface area contributed by atoms with Crippen LogP contribution in [-0.2, 0) is 4.79 Å². The highest BCUT2D eigenvalue weighted by atomic mass is 35.5. The normalized spacial score (nSPS) is 9.83. The first-order chi connectivity index (χ1) is 11.1. The Balaban J connectivity index is 0.000000172. The van der Waals surface area contributed by atoms with E-state index in [0.29, 0.717) is 15.8 Å². The van der Waals surface area contributed by atoms with E-state index < -0.39 is 12.6 Å². The molecule has 0 amide bonds. The molecule has 1 heterocycles. The van der Waals surface area contributed by atoms with Gasteiger partial charge in [0.2, 0.25) is 0 Å². The maximum absolute atomic E-state index is 10.2. The molecule has 0 aliphatic carbocycles. The van der Waals surface area contributed by atoms with E-state index in [1.807, 2.05) is 30.5 Å². The van der Waals surface area contributed by atoms with Gasteiger partial charge in [-0.15, -0.1) is 0 Å². The van der Waals surface area contributed by atoms with E-state index in [9.17, 15) is 4.79 Å². The van der Waals surface area contributed by atoms with Gasteiger partial charge in [-0.3, -0.25) is 4.98 Å². The summed E-state index contributed by atoms with van der Waals surface area (Å²) >= 11 is 11.3. The summed E-state index contributed by atoms with van der Waals surface area (Å²) in [5.74, 6) is -0.737. The maximum Gasteiger partial charge on any atom is 0.341 e. The van der Waals surface area contributed by atoms with Crippen LogP contribution in [0.4, 0.5) is 0 Å². The molecular formula is C17H13Cl2NO3. The SMILES string of the molecule is O=C(O)COc1ccc(Cl)cc1Cl.c1ccc2ncccc2c1. The third-order valence-electron chi connectivity index (χ3n) is 2.76. The van der Waals surface area contributed by atoms with Crippen molar-refractivity contribution in [2.24, 2.45) is 0 Å². The lowest BCUT2D eigenvalue weighted by molar-refractivity contribution is -0.139. The molecule has 3 rings (SSSR count). The zero-order chi connectivity index (χ0) is 16.7. The van der Waals surface area contributed by atoms with Crippen LogP contribution in [0.5, 0.6) is 5.75 Å². The molecule has 1 aromatic heterocycles. The Labute approximate surface area is 143 Å². The number of aliphatic carboxylic acids is 1. The topological polar surface area (TPSA) is 59.4 Å². The molecule has 118 valence electrons. The van der Waals surface area contributed by atoms with Gasteiger partial charge in [-0.05, 0) is 30.3 Å². The standard InChI is InChI=1S/C9H7N.C8H6Cl2O3/c1-2-6-9-8(4-1)5-3-7-10-9;9-5-1-2-7(6(10)3-5)13-4-8(11)12/h1-7H;1-3H,4H2,(H,11,12). The van der Waals surface area contributed by atoms with E-state index in [2.05, 4.69) is 17.1 Å². The van der Waals surface area contributed by atoms with Gasteiger partial charge < -0.3 is 9.84 Å². The highest BCUT2D eigenvalue weighted by molar-refractivity contribution is 6.35. The van der Waals surface area contributed by atoms with Gasteiger partial charge in [0.05, 0.1) is 10.5 Å². The zero-order valence-corrected chi connectivity index (χ0v) is 13.5. The minimum Gasteiger partial charge on any atom is -0.480 e. The minimum atomic E-state index is -1.05. The molecule has 0 spiro atoms. The molecule has 0 radical (unpaired) electrons. The van der Waals surface area contributed by atoms with Crippen molar-refractivity contribution in [3.63, 3.8) is 0 Å². The van der Waals surface area contributed by atoms with Crippen LogP contribution in [0.25, 0.3) is 10.9 Å². The molecule has 1 N–H and O–H groups in total. The van der Waals surface area contributed by atoms with Gasteiger partial charge in [0, 0.05) is 16.6 Å². The Morgan fingerprint density at radius 3 is 2.52 bits per heavy atom. The number of ether oxygens (including phenoxy) is 1. The molecule has 0 saturated heterocycles. The van der Waals surface area contributed by atoms with Gasteiger partial charge in [0.15, 0.2) is 6.61 Å². The van der Waals surface area contributed by atoms with Crippen LogP contribution in [0.1, 0.15) is 0 Å². The van der Waals surface area contributed by atoms with Gasteiger partial charge in [-0.1, -0.05) is 47.5 Å². The minimum absolute atomic E-state index is 0.300. The second-order valence-corrected chi connectivity index (χ2v) is 5.30. The molecule has 0 atom stereocenters. The molecule has 23 heavy (non-hydrogen) atoms. The summed E-state index contributed by atoms with van der Waals surface area (Å²) in [5, 5.41) is 10.3. The Kier molecular flexibility index (Phi) is 6.20. The summed E-state index contributed by atoms with van der Waals surface area (Å²) in [4.78, 5) is 14.3. The Morgan fingerprint density at radius 1 is 1.09 bits per heavy atom. The lowest BCUT2D eigenvalue weighted by Crippen LogP contribution is -2.09. The number of rotatable bonds is 3. The second kappa shape index (κ2) is 8.36. The summed E-state index contributed by atoms with van der Waals surface area (Å²) in [6.45, 7) is -0.415. The third-order valence-corrected chi connectivity index (χ3v) is 3.29. The van der Waals surface area contributed by atoms with Crippen LogP contribution in [0.15, 0.2) is 60.8 Å². The molecule has 6 heteroatoms. The largest absolute Gasteiger partial charge is 0.480 e. The van der Waals surface area contributed by atoms with Crippen LogP contribution in [-0.4, -0.2) is 22.7 Å². The van der Waals surface area contributed by atoms with Crippen molar-refractivity contribution in [2.45, 2.75) is 0 Å². The monoisotopic (exact) mass is 349 g/mol. The van der Waals surface area contributed by atoms with E-state index >= 15 is 0 Å². The van der Waals surface area contributed by atoms with Gasteiger partial charge in [0.1, 0.15) is 5.75 Å². The van der Waals surface area contributed by atoms with Crippen LogP contribution in [0, 0.1) is 0 Å². The van der Waals surface area contributed by atoms with Gasteiger partial charge in [0.25, 0.3) is 0 Å². The van der Waals surface area contributed by atoms with Gasteiger partial charge in [-0.2, -0.15) is 0 Å². The predicted octanol–water partition coefficient (Wildman–Crippen LogP) is 4.69. The summed E-state index contributed by atoms with van der Waals surface area (Å²) in [5.41, 5.74) is 1.06. The van der Waals surface area contributed by atoms with Gasteiger partial charge >= 0.3 is 5.97 Å². The summed E-state index contributed by atoms with van der Waals surface area (Å²) < 4.78 is 4.86. The van der Waals surface area contributed by atoms with Crippen LogP contribution in [0.2, 0.25) is 10.0 Å². The Bertz CT molecular complexity index is 743. The average Bonchev–Trinajstić information content (AvgIpc) is 2.54. The molecule has 0 aliphatic heterocycles. The van der Waals surface area contributed by atoms with Crippen molar-refractivity contribution >= 4 is 40.1 Å². The molecule has 0 fully saturated rings. The van der Waals surface area contributed by atoms with Crippen molar-refractivity contribution < 1.29 is 14.6 Å². The molecule has 2 aromatic carbocycles. The average molecular weight is 350 g/mol. The molecule has 0 aliphatic rings. The predicted molar refractivity (Wildman–Crippen MR) is 91.3 cm³/mol. The molecule has 3 aromatic rings. The summed E-state index contributed by atoms with van der Waals surface area (Å²) in [6.07, 6.45) is 1.81. The van der Waals surface area contributed by atoms with E-state index in [1.165, 1.54) is 17.5 Å². The number of pyridine rings is 1. The van der Waals surface area contributed by atoms with Crippen molar-refractivity contribution in [2.75, 3.05) is 6.61 Å². The third kappa shape index (κ3) is 5.43. The van der Waals surface area contributed by atoms with E-state index in [-0.39, 0.29) is 0 Å². The highest BCUT2D eigenvalue weighted by Crippen LogP contribution is 2.27. The maximum atomic E-state index is 10.2. The molecular weight excluding hydrogens is 337 g/mol. The number of hydrogen-bond acceptors (Lipinski definition) is 3. The number of aromatic nitrogens is 1.